The fourth-order valence-electron chi connectivity index (χ4n) is 6.22. The molecule has 8 rings (SSSR count). The van der Waals surface area contributed by atoms with Crippen LogP contribution in [-0.2, 0) is 0 Å². The van der Waals surface area contributed by atoms with Crippen LogP contribution in [0.1, 0.15) is 29.7 Å². The summed E-state index contributed by atoms with van der Waals surface area (Å²) in [7, 11) is 22.8. The van der Waals surface area contributed by atoms with Gasteiger partial charge in [0.25, 0.3) is 0 Å². The van der Waals surface area contributed by atoms with Crippen molar-refractivity contribution in [2.24, 2.45) is 0 Å². The van der Waals surface area contributed by atoms with Crippen molar-refractivity contribution in [3.05, 3.63) is 137 Å². The zero-order chi connectivity index (χ0) is 49.7. The second kappa shape index (κ2) is 29.1. The first-order valence-electron chi connectivity index (χ1n) is 19.7. The van der Waals surface area contributed by atoms with Crippen molar-refractivity contribution >= 4 is 143 Å². The number of hydrogen-bond donors (Lipinski definition) is 4. The van der Waals surface area contributed by atoms with Crippen LogP contribution in [0.3, 0.4) is 0 Å². The topological polar surface area (TPSA) is 190 Å². The molecule has 0 aliphatic carbocycles. The lowest BCUT2D eigenvalue weighted by molar-refractivity contribution is 0.413. The number of benzene rings is 4. The Morgan fingerprint density at radius 2 is 1.03 bits per heavy atom. The Labute approximate surface area is 430 Å². The number of methoxy groups -OCH3 is 2. The lowest BCUT2D eigenvalue weighted by Gasteiger charge is -2.32. The van der Waals surface area contributed by atoms with Gasteiger partial charge in [-0.1, -0.05) is 78.7 Å². The van der Waals surface area contributed by atoms with Crippen LogP contribution in [-0.4, -0.2) is 61.3 Å². The summed E-state index contributed by atoms with van der Waals surface area (Å²) in [6.45, 7) is 4.70. The number of nitriles is 2. The van der Waals surface area contributed by atoms with Gasteiger partial charge in [-0.3, -0.25) is 0 Å². The van der Waals surface area contributed by atoms with Gasteiger partial charge in [0.15, 0.2) is 16.7 Å². The van der Waals surface area contributed by atoms with Crippen molar-refractivity contribution in [2.45, 2.75) is 21.3 Å². The number of nitrogens with zero attached hydrogens (tertiary/aromatic N) is 6. The first-order valence-corrected chi connectivity index (χ1v) is 41.0. The summed E-state index contributed by atoms with van der Waals surface area (Å²) in [4.78, 5) is 23.5. The Morgan fingerprint density at radius 1 is 0.594 bits per heavy atom. The summed E-state index contributed by atoms with van der Waals surface area (Å²) in [5, 5.41) is 37.5. The van der Waals surface area contributed by atoms with Crippen LogP contribution in [0.5, 0.6) is 11.5 Å². The average molecular weight is 1160 g/mol. The van der Waals surface area contributed by atoms with Crippen LogP contribution in [0.15, 0.2) is 110 Å². The van der Waals surface area contributed by atoms with E-state index in [-0.39, 0.29) is 47.5 Å². The molecule has 4 aromatic carbocycles. The number of nitrogens with one attached hydrogen (secondary N) is 2. The van der Waals surface area contributed by atoms with E-state index in [9.17, 15) is 0 Å². The molecule has 0 fully saturated rings. The van der Waals surface area contributed by atoms with Gasteiger partial charge in [-0.05, 0) is 103 Å². The molecule has 0 aliphatic heterocycles. The molecule has 0 saturated heterocycles. The summed E-state index contributed by atoms with van der Waals surface area (Å²) < 4.78 is 10.9. The molecule has 4 aromatic heterocycles. The average Bonchev–Trinajstić information content (AvgIpc) is 3.96. The normalized spacial score (nSPS) is 11.1. The van der Waals surface area contributed by atoms with Crippen LogP contribution >= 0.6 is 109 Å². The number of ether oxygens (including phenoxy) is 2. The smallest absolute Gasteiger partial charge is 0.488 e. The van der Waals surface area contributed by atoms with Gasteiger partial charge in [0.1, 0.15) is 29.7 Å². The quantitative estimate of drug-likeness (QED) is 0.0582. The maximum Gasteiger partial charge on any atom is 0.488 e. The van der Waals surface area contributed by atoms with Crippen LogP contribution in [0, 0.1) is 36.5 Å². The van der Waals surface area contributed by atoms with Gasteiger partial charge >= 0.3 is 7.12 Å². The Bertz CT molecular complexity index is 3020. The van der Waals surface area contributed by atoms with E-state index >= 15 is 0 Å². The Hall–Kier alpha value is -1.87. The molecule has 4 N–H and O–H groups in total. The predicted octanol–water partition coefficient (Wildman–Crippen LogP) is 14.5. The number of H-pyrrole nitrogens is 2. The predicted molar refractivity (Wildman–Crippen MR) is 327 cm³/mol. The van der Waals surface area contributed by atoms with E-state index in [1.54, 1.807) is 37.7 Å². The van der Waals surface area contributed by atoms with Crippen molar-refractivity contribution in [1.82, 2.24) is 29.9 Å². The van der Waals surface area contributed by atoms with E-state index in [2.05, 4.69) is 105 Å². The maximum atomic E-state index is 9.08. The molecule has 69 heavy (non-hydrogen) atoms. The van der Waals surface area contributed by atoms with Gasteiger partial charge in [0.2, 0.25) is 0 Å². The van der Waals surface area contributed by atoms with Gasteiger partial charge in [-0.2, -0.15) is 10.5 Å². The molecule has 358 valence electrons. The van der Waals surface area contributed by atoms with E-state index in [1.165, 1.54) is 19.0 Å². The number of fused-ring (bicyclic) bond motifs is 2. The third kappa shape index (κ3) is 16.6. The van der Waals surface area contributed by atoms with E-state index in [4.69, 9.17) is 41.6 Å². The number of rotatable bonds is 10. The lowest BCUT2D eigenvalue weighted by atomic mass is 9.80. The molecule has 8 aromatic rings. The van der Waals surface area contributed by atoms with Gasteiger partial charge < -0.3 is 29.5 Å². The fraction of sp³-hybridized carbons (Fsp3) is 0.116. The number of halogens is 1. The van der Waals surface area contributed by atoms with Gasteiger partial charge in [0, 0.05) is 27.4 Å². The lowest BCUT2D eigenvalue weighted by Crippen LogP contribution is -2.29. The molecule has 0 spiro atoms. The second-order valence-corrected chi connectivity index (χ2v) is 59.5. The van der Waals surface area contributed by atoms with E-state index in [0.29, 0.717) is 39.5 Å². The highest BCUT2D eigenvalue weighted by Gasteiger charge is 2.26. The van der Waals surface area contributed by atoms with Crippen molar-refractivity contribution in [3.8, 4) is 57.7 Å². The SMILES string of the molecule is C.COc1c(-c2ccc(C)cc2)ncnc1-c1cc2cc(C#N)ccc2[nH]1.COc1c(Cl)ncnc1-c1cc2cc(C#N)ccc2[nH]1.Cc1ccc(B(O)O)cc1.PP(P)P(P)P(P(P)P)P(P)P. The highest BCUT2D eigenvalue weighted by atomic mass is 35.5. The molecule has 26 heteroatoms. The molecular weight excluding hydrogens is 1110 g/mol. The number of aryl methyl sites for hydroxylation is 2. The molecular formula is C43H52BClN8O4P12. The Balaban J connectivity index is 0.000000214. The van der Waals surface area contributed by atoms with E-state index < -0.39 is 7.12 Å². The first-order chi connectivity index (χ1) is 32.5. The largest absolute Gasteiger partial charge is 0.492 e. The summed E-state index contributed by atoms with van der Waals surface area (Å²) in [6, 6.07) is 34.3. The Kier molecular flexibility index (Phi) is 25.2. The zero-order valence-corrected chi connectivity index (χ0v) is 50.3. The minimum atomic E-state index is -1.35. The summed E-state index contributed by atoms with van der Waals surface area (Å²) in [6.07, 6.45) is 2.92. The van der Waals surface area contributed by atoms with Crippen molar-refractivity contribution in [3.63, 3.8) is 0 Å². The number of aromatic nitrogens is 6. The third-order valence-electron chi connectivity index (χ3n) is 9.52. The highest BCUT2D eigenvalue weighted by Crippen LogP contribution is 3.16. The van der Waals surface area contributed by atoms with Crippen LogP contribution in [0.25, 0.3) is 55.8 Å². The van der Waals surface area contributed by atoms with Crippen molar-refractivity contribution in [1.29, 1.82) is 10.5 Å². The van der Waals surface area contributed by atoms with Crippen LogP contribution in [0.4, 0.5) is 0 Å². The maximum absolute atomic E-state index is 9.08. The molecule has 8 unspecified atom stereocenters. The molecule has 0 aliphatic rings. The highest BCUT2D eigenvalue weighted by molar-refractivity contribution is 9.21. The molecule has 0 amide bonds. The first kappa shape index (κ1) is 59.7. The van der Waals surface area contributed by atoms with Gasteiger partial charge in [0.05, 0.1) is 48.9 Å². The zero-order valence-electron chi connectivity index (χ0n) is 37.0. The summed E-state index contributed by atoms with van der Waals surface area (Å²) >= 11 is 5.99. The van der Waals surface area contributed by atoms with Crippen LogP contribution in [0.2, 0.25) is 5.15 Å². The number of aromatic amines is 2. The minimum absolute atomic E-state index is 0. The standard InChI is InChI=1S/C21H16N4O.C14H9ClN4O.C7H9BO2.CH4.H14P12/c1-13-3-6-15(7-4-13)19-21(26-2)20(24-12-23-19)18-10-16-9-14(11-22)5-8-17(16)25-18;1-20-13-12(17-7-18-14(13)15)11-5-9-4-8(6-16)2-3-10(9)19-11;1-6-2-4-7(5-3-6)8(9)10;;1-8(2)11(7)12(9(3)4)10(5)6/h3-10,12,25H,1-2H3;2-5,7,19H,1H3;2-5,9-10H,1H3;1H4;1-7H2. The monoisotopic (exact) mass is 1160 g/mol. The summed E-state index contributed by atoms with van der Waals surface area (Å²) in [5.41, 5.74) is 10.5. The Morgan fingerprint density at radius 3 is 1.43 bits per heavy atom. The molecule has 8 atom stereocenters. The van der Waals surface area contributed by atoms with E-state index in [0.717, 1.165) is 50.0 Å². The number of hydrogen-bond acceptors (Lipinski definition) is 10. The molecule has 0 radical (unpaired) electrons. The van der Waals surface area contributed by atoms with Gasteiger partial charge in [-0.25, -0.2) is 19.9 Å². The molecule has 12 nitrogen and oxygen atoms in total. The fourth-order valence-corrected chi connectivity index (χ4v) is 109. The van der Waals surface area contributed by atoms with E-state index in [1.807, 2.05) is 86.6 Å². The third-order valence-corrected chi connectivity index (χ3v) is 76.4. The molecule has 0 bridgehead atoms. The van der Waals surface area contributed by atoms with Gasteiger partial charge in [-0.15, -0.1) is 62.5 Å². The minimum Gasteiger partial charge on any atom is -0.492 e. The van der Waals surface area contributed by atoms with Crippen LogP contribution < -0.4 is 14.9 Å². The summed E-state index contributed by atoms with van der Waals surface area (Å²) in [5.74, 6) is 1.03. The van der Waals surface area contributed by atoms with Crippen molar-refractivity contribution < 1.29 is 19.5 Å². The second-order valence-electron chi connectivity index (χ2n) is 14.2. The van der Waals surface area contributed by atoms with Crippen molar-refractivity contribution in [2.75, 3.05) is 14.2 Å². The molecule has 4 heterocycles. The molecule has 0 saturated carbocycles.